The van der Waals surface area contributed by atoms with E-state index in [0.29, 0.717) is 17.1 Å². The van der Waals surface area contributed by atoms with E-state index in [1.54, 1.807) is 7.11 Å². The van der Waals surface area contributed by atoms with Gasteiger partial charge in [-0.05, 0) is 34.4 Å². The molecule has 5 nitrogen and oxygen atoms in total. The van der Waals surface area contributed by atoms with Crippen molar-refractivity contribution < 1.29 is 9.53 Å². The number of methoxy groups -OCH3 is 1. The van der Waals surface area contributed by atoms with Crippen LogP contribution in [0.1, 0.15) is 10.4 Å². The van der Waals surface area contributed by atoms with Gasteiger partial charge in [0.05, 0.1) is 18.1 Å². The van der Waals surface area contributed by atoms with Gasteiger partial charge in [-0.1, -0.05) is 24.3 Å². The third-order valence-electron chi connectivity index (χ3n) is 3.81. The lowest BCUT2D eigenvalue weighted by atomic mass is 10.1. The van der Waals surface area contributed by atoms with Crippen molar-refractivity contribution in [3.8, 4) is 5.75 Å². The number of anilines is 1. The van der Waals surface area contributed by atoms with Crippen LogP contribution < -0.4 is 10.1 Å². The van der Waals surface area contributed by atoms with Crippen molar-refractivity contribution in [3.05, 3.63) is 59.7 Å². The molecular weight excluding hydrogens is 322 g/mol. The van der Waals surface area contributed by atoms with Crippen LogP contribution in [-0.4, -0.2) is 23.0 Å². The molecule has 0 atom stereocenters. The fraction of sp³-hybridized carbons (Fsp3) is 0.0556. The summed E-state index contributed by atoms with van der Waals surface area (Å²) >= 11 is 1.51. The molecule has 2 heterocycles. The molecular formula is C18H13N3O2S. The molecule has 2 aromatic heterocycles. The number of benzene rings is 2. The second-order valence-corrected chi connectivity index (χ2v) is 6.11. The number of aromatic nitrogens is 2. The number of thiophene rings is 1. The van der Waals surface area contributed by atoms with Crippen LogP contribution >= 0.6 is 11.3 Å². The summed E-state index contributed by atoms with van der Waals surface area (Å²) in [6.07, 6.45) is 1.45. The van der Waals surface area contributed by atoms with Crippen LogP contribution in [0.15, 0.2) is 54.2 Å². The van der Waals surface area contributed by atoms with Crippen LogP contribution in [0.3, 0.4) is 0 Å². The summed E-state index contributed by atoms with van der Waals surface area (Å²) in [5.74, 6) is 0.770. The Labute approximate surface area is 141 Å². The summed E-state index contributed by atoms with van der Waals surface area (Å²) < 4.78 is 5.39. The Morgan fingerprint density at radius 2 is 1.92 bits per heavy atom. The molecule has 0 saturated heterocycles. The maximum atomic E-state index is 12.8. The molecule has 0 radical (unpaired) electrons. The predicted molar refractivity (Wildman–Crippen MR) is 95.9 cm³/mol. The molecule has 1 amide bonds. The SMILES string of the molecule is COc1cc2ccccc2cc1C(=O)Nc1ncnc2sccc12. The van der Waals surface area contributed by atoms with E-state index in [0.717, 1.165) is 21.0 Å². The quantitative estimate of drug-likeness (QED) is 0.612. The molecule has 0 aliphatic carbocycles. The van der Waals surface area contributed by atoms with Crippen molar-refractivity contribution in [3.63, 3.8) is 0 Å². The van der Waals surface area contributed by atoms with Gasteiger partial charge in [0.1, 0.15) is 22.7 Å². The molecule has 0 bridgehead atoms. The van der Waals surface area contributed by atoms with Crippen LogP contribution in [0.2, 0.25) is 0 Å². The summed E-state index contributed by atoms with van der Waals surface area (Å²) in [4.78, 5) is 22.0. The lowest BCUT2D eigenvalue weighted by Crippen LogP contribution is -2.14. The number of nitrogens with one attached hydrogen (secondary N) is 1. The van der Waals surface area contributed by atoms with Crippen LogP contribution in [0.25, 0.3) is 21.0 Å². The number of hydrogen-bond donors (Lipinski definition) is 1. The fourth-order valence-corrected chi connectivity index (χ4v) is 3.36. The molecule has 4 rings (SSSR count). The monoisotopic (exact) mass is 335 g/mol. The third kappa shape index (κ3) is 2.47. The molecule has 24 heavy (non-hydrogen) atoms. The topological polar surface area (TPSA) is 64.1 Å². The van der Waals surface area contributed by atoms with Gasteiger partial charge in [-0.15, -0.1) is 11.3 Å². The highest BCUT2D eigenvalue weighted by Gasteiger charge is 2.16. The van der Waals surface area contributed by atoms with Crippen molar-refractivity contribution in [2.45, 2.75) is 0 Å². The van der Waals surface area contributed by atoms with Gasteiger partial charge in [0.2, 0.25) is 0 Å². The standard InChI is InChI=1S/C18H13N3O2S/c1-23-15-9-12-5-3-2-4-11(12)8-14(15)17(22)21-16-13-6-7-24-18(13)20-10-19-16/h2-10H,1H3,(H,19,20,21,22). The van der Waals surface area contributed by atoms with Gasteiger partial charge in [0.25, 0.3) is 5.91 Å². The first kappa shape index (κ1) is 14.6. The molecule has 0 aliphatic heterocycles. The minimum Gasteiger partial charge on any atom is -0.496 e. The van der Waals surface area contributed by atoms with Crippen molar-refractivity contribution >= 4 is 44.1 Å². The summed E-state index contributed by atoms with van der Waals surface area (Å²) in [7, 11) is 1.56. The second-order valence-electron chi connectivity index (χ2n) is 5.22. The highest BCUT2D eigenvalue weighted by Crippen LogP contribution is 2.28. The van der Waals surface area contributed by atoms with E-state index in [1.807, 2.05) is 47.8 Å². The first-order valence-electron chi connectivity index (χ1n) is 7.32. The Bertz CT molecular complexity index is 1060. The van der Waals surface area contributed by atoms with Crippen molar-refractivity contribution in [1.29, 1.82) is 0 Å². The number of nitrogens with zero attached hydrogens (tertiary/aromatic N) is 2. The summed E-state index contributed by atoms with van der Waals surface area (Å²) in [6, 6.07) is 13.4. The summed E-state index contributed by atoms with van der Waals surface area (Å²) in [6.45, 7) is 0. The Morgan fingerprint density at radius 1 is 1.12 bits per heavy atom. The van der Waals surface area contributed by atoms with E-state index < -0.39 is 0 Å². The zero-order chi connectivity index (χ0) is 16.5. The number of fused-ring (bicyclic) bond motifs is 2. The van der Waals surface area contributed by atoms with Gasteiger partial charge >= 0.3 is 0 Å². The zero-order valence-electron chi connectivity index (χ0n) is 12.8. The van der Waals surface area contributed by atoms with Gasteiger partial charge < -0.3 is 10.1 Å². The van der Waals surface area contributed by atoms with Crippen LogP contribution in [0, 0.1) is 0 Å². The molecule has 0 saturated carbocycles. The largest absolute Gasteiger partial charge is 0.496 e. The first-order chi connectivity index (χ1) is 11.8. The van der Waals surface area contributed by atoms with E-state index >= 15 is 0 Å². The smallest absolute Gasteiger partial charge is 0.260 e. The van der Waals surface area contributed by atoms with Gasteiger partial charge in [-0.2, -0.15) is 0 Å². The minimum atomic E-state index is -0.260. The Kier molecular flexibility index (Phi) is 3.59. The predicted octanol–water partition coefficient (Wildman–Crippen LogP) is 4.11. The maximum Gasteiger partial charge on any atom is 0.260 e. The molecule has 0 unspecified atom stereocenters. The van der Waals surface area contributed by atoms with Crippen molar-refractivity contribution in [2.24, 2.45) is 0 Å². The van der Waals surface area contributed by atoms with Gasteiger partial charge in [-0.3, -0.25) is 4.79 Å². The number of carbonyl (C=O) groups excluding carboxylic acids is 1. The number of amides is 1. The fourth-order valence-electron chi connectivity index (χ4n) is 2.63. The Morgan fingerprint density at radius 3 is 2.71 bits per heavy atom. The zero-order valence-corrected chi connectivity index (χ0v) is 13.6. The summed E-state index contributed by atoms with van der Waals surface area (Å²) in [5.41, 5.74) is 0.471. The number of rotatable bonds is 3. The average molecular weight is 335 g/mol. The maximum absolute atomic E-state index is 12.8. The van der Waals surface area contributed by atoms with E-state index in [1.165, 1.54) is 17.7 Å². The van der Waals surface area contributed by atoms with Crippen molar-refractivity contribution in [2.75, 3.05) is 12.4 Å². The molecule has 1 N–H and O–H groups in total. The second kappa shape index (κ2) is 5.90. The van der Waals surface area contributed by atoms with Gasteiger partial charge in [0, 0.05) is 0 Å². The van der Waals surface area contributed by atoms with E-state index in [9.17, 15) is 4.79 Å². The molecule has 4 aromatic rings. The molecule has 0 aliphatic rings. The molecule has 0 spiro atoms. The van der Waals surface area contributed by atoms with E-state index in [2.05, 4.69) is 15.3 Å². The lowest BCUT2D eigenvalue weighted by Gasteiger charge is -2.11. The third-order valence-corrected chi connectivity index (χ3v) is 4.63. The highest BCUT2D eigenvalue weighted by atomic mass is 32.1. The Balaban J connectivity index is 1.76. The van der Waals surface area contributed by atoms with Crippen LogP contribution in [-0.2, 0) is 0 Å². The summed E-state index contributed by atoms with van der Waals surface area (Å²) in [5, 5.41) is 7.61. The lowest BCUT2D eigenvalue weighted by molar-refractivity contribution is 0.102. The number of carbonyl (C=O) groups is 1. The first-order valence-corrected chi connectivity index (χ1v) is 8.20. The minimum absolute atomic E-state index is 0.260. The Hall–Kier alpha value is -2.99. The average Bonchev–Trinajstić information content (AvgIpc) is 3.10. The van der Waals surface area contributed by atoms with E-state index in [-0.39, 0.29) is 5.91 Å². The van der Waals surface area contributed by atoms with Crippen molar-refractivity contribution in [1.82, 2.24) is 9.97 Å². The van der Waals surface area contributed by atoms with Crippen LogP contribution in [0.5, 0.6) is 5.75 Å². The highest BCUT2D eigenvalue weighted by molar-refractivity contribution is 7.16. The number of hydrogen-bond acceptors (Lipinski definition) is 5. The van der Waals surface area contributed by atoms with Gasteiger partial charge in [0.15, 0.2) is 0 Å². The molecule has 6 heteroatoms. The number of ether oxygens (including phenoxy) is 1. The normalized spacial score (nSPS) is 10.9. The molecule has 2 aromatic carbocycles. The molecule has 0 fully saturated rings. The molecule has 118 valence electrons. The van der Waals surface area contributed by atoms with Crippen LogP contribution in [0.4, 0.5) is 5.82 Å². The van der Waals surface area contributed by atoms with E-state index in [4.69, 9.17) is 4.74 Å². The van der Waals surface area contributed by atoms with Gasteiger partial charge in [-0.25, -0.2) is 9.97 Å².